The van der Waals surface area contributed by atoms with E-state index in [1.165, 1.54) is 6.42 Å². The molecule has 5 nitrogen and oxygen atoms in total. The fourth-order valence-corrected chi connectivity index (χ4v) is 3.23. The van der Waals surface area contributed by atoms with E-state index >= 15 is 0 Å². The molecule has 2 atom stereocenters. The Hall–Kier alpha value is -0.810. The van der Waals surface area contributed by atoms with Crippen molar-refractivity contribution < 1.29 is 14.3 Å². The van der Waals surface area contributed by atoms with Gasteiger partial charge in [0.05, 0.1) is 6.10 Å². The maximum Gasteiger partial charge on any atom is 0.407 e. The van der Waals surface area contributed by atoms with Crippen molar-refractivity contribution >= 4 is 6.09 Å². The first kappa shape index (κ1) is 17.5. The Morgan fingerprint density at radius 1 is 1.18 bits per heavy atom. The molecule has 1 amide bonds. The lowest BCUT2D eigenvalue weighted by Crippen LogP contribution is -2.56. The van der Waals surface area contributed by atoms with Gasteiger partial charge in [-0.2, -0.15) is 0 Å². The molecule has 2 N–H and O–H groups in total. The number of amides is 1. The van der Waals surface area contributed by atoms with Crippen molar-refractivity contribution in [2.24, 2.45) is 0 Å². The summed E-state index contributed by atoms with van der Waals surface area (Å²) in [5.41, 5.74) is -0.429. The second kappa shape index (κ2) is 7.64. The molecular formula is C17H32N2O3. The highest BCUT2D eigenvalue weighted by Crippen LogP contribution is 2.24. The third kappa shape index (κ3) is 5.76. The van der Waals surface area contributed by atoms with Crippen molar-refractivity contribution in [3.05, 3.63) is 0 Å². The molecule has 1 aliphatic heterocycles. The van der Waals surface area contributed by atoms with Gasteiger partial charge in [-0.25, -0.2) is 4.79 Å². The predicted octanol–water partition coefficient (Wildman–Crippen LogP) is 2.98. The van der Waals surface area contributed by atoms with E-state index in [9.17, 15) is 4.79 Å². The van der Waals surface area contributed by atoms with Gasteiger partial charge in [-0.1, -0.05) is 13.3 Å². The molecule has 0 bridgehead atoms. The topological polar surface area (TPSA) is 59.6 Å². The third-order valence-corrected chi connectivity index (χ3v) is 4.31. The zero-order chi connectivity index (χ0) is 16.2. The molecule has 2 aliphatic rings. The highest BCUT2D eigenvalue weighted by molar-refractivity contribution is 5.68. The van der Waals surface area contributed by atoms with Gasteiger partial charge in [0.2, 0.25) is 0 Å². The van der Waals surface area contributed by atoms with E-state index in [4.69, 9.17) is 9.47 Å². The van der Waals surface area contributed by atoms with Gasteiger partial charge in [-0.15, -0.1) is 0 Å². The van der Waals surface area contributed by atoms with Crippen LogP contribution in [0.4, 0.5) is 4.79 Å². The fourth-order valence-electron chi connectivity index (χ4n) is 3.23. The van der Waals surface area contributed by atoms with Gasteiger partial charge in [-0.05, 0) is 52.9 Å². The first-order valence-corrected chi connectivity index (χ1v) is 8.73. The summed E-state index contributed by atoms with van der Waals surface area (Å²) >= 11 is 0. The summed E-state index contributed by atoms with van der Waals surface area (Å²) in [6.45, 7) is 8.73. The van der Waals surface area contributed by atoms with Crippen LogP contribution < -0.4 is 10.6 Å². The first-order chi connectivity index (χ1) is 10.4. The lowest BCUT2D eigenvalue weighted by molar-refractivity contribution is -0.00784. The van der Waals surface area contributed by atoms with Crippen molar-refractivity contribution in [2.45, 2.75) is 96.1 Å². The van der Waals surface area contributed by atoms with E-state index in [-0.39, 0.29) is 12.1 Å². The molecule has 2 fully saturated rings. The zero-order valence-corrected chi connectivity index (χ0v) is 14.5. The van der Waals surface area contributed by atoms with E-state index in [2.05, 4.69) is 17.6 Å². The number of rotatable bonds is 5. The van der Waals surface area contributed by atoms with Crippen LogP contribution in [0.2, 0.25) is 0 Å². The summed E-state index contributed by atoms with van der Waals surface area (Å²) in [6, 6.07) is 1.33. The summed E-state index contributed by atoms with van der Waals surface area (Å²) < 4.78 is 11.1. The highest BCUT2D eigenvalue weighted by atomic mass is 16.6. The molecule has 128 valence electrons. The monoisotopic (exact) mass is 312 g/mol. The van der Waals surface area contributed by atoms with E-state index in [0.717, 1.165) is 38.7 Å². The lowest BCUT2D eigenvalue weighted by atomic mass is 9.85. The predicted molar refractivity (Wildman–Crippen MR) is 87.0 cm³/mol. The Morgan fingerprint density at radius 3 is 2.55 bits per heavy atom. The van der Waals surface area contributed by atoms with E-state index < -0.39 is 5.60 Å². The summed E-state index contributed by atoms with van der Waals surface area (Å²) in [5.74, 6) is 0. The molecule has 1 saturated carbocycles. The average molecular weight is 312 g/mol. The molecule has 0 aromatic heterocycles. The summed E-state index contributed by atoms with van der Waals surface area (Å²) in [7, 11) is 0. The van der Waals surface area contributed by atoms with Crippen molar-refractivity contribution in [1.29, 1.82) is 0 Å². The number of carbonyl (C=O) groups excluding carboxylic acids is 1. The number of hydrogen-bond donors (Lipinski definition) is 2. The van der Waals surface area contributed by atoms with E-state index in [0.29, 0.717) is 18.2 Å². The smallest absolute Gasteiger partial charge is 0.407 e. The molecule has 0 aromatic rings. The minimum Gasteiger partial charge on any atom is -0.444 e. The normalized spacial score (nSPS) is 32.2. The largest absolute Gasteiger partial charge is 0.444 e. The van der Waals surface area contributed by atoms with Gasteiger partial charge in [0.1, 0.15) is 5.60 Å². The zero-order valence-electron chi connectivity index (χ0n) is 14.5. The van der Waals surface area contributed by atoms with E-state index in [1.54, 1.807) is 0 Å². The van der Waals surface area contributed by atoms with Gasteiger partial charge >= 0.3 is 6.09 Å². The number of nitrogens with one attached hydrogen (secondary N) is 2. The van der Waals surface area contributed by atoms with Crippen LogP contribution in [0.25, 0.3) is 0 Å². The molecule has 0 aromatic carbocycles. The van der Waals surface area contributed by atoms with Crippen LogP contribution >= 0.6 is 0 Å². The van der Waals surface area contributed by atoms with Crippen LogP contribution in [0.3, 0.4) is 0 Å². The van der Waals surface area contributed by atoms with Crippen LogP contribution in [0.1, 0.15) is 66.2 Å². The molecule has 5 heteroatoms. The molecule has 1 heterocycles. The first-order valence-electron chi connectivity index (χ1n) is 8.73. The number of alkyl carbamates (subject to hydrolysis) is 1. The molecular weight excluding hydrogens is 280 g/mol. The third-order valence-electron chi connectivity index (χ3n) is 4.31. The second-order valence-electron chi connectivity index (χ2n) is 7.68. The Balaban J connectivity index is 1.62. The summed E-state index contributed by atoms with van der Waals surface area (Å²) in [4.78, 5) is 11.7. The quantitative estimate of drug-likeness (QED) is 0.819. The minimum absolute atomic E-state index is 0.249. The lowest BCUT2D eigenvalue weighted by Gasteiger charge is -2.40. The molecule has 0 spiro atoms. The Kier molecular flexibility index (Phi) is 6.09. The SMILES string of the molecule is CCCC1CC(NC2CC(NC(=O)OC(C)(C)C)C2)CCO1. The van der Waals surface area contributed by atoms with Crippen molar-refractivity contribution in [1.82, 2.24) is 10.6 Å². The number of hydrogen-bond acceptors (Lipinski definition) is 4. The Morgan fingerprint density at radius 2 is 1.91 bits per heavy atom. The van der Waals surface area contributed by atoms with Gasteiger partial charge < -0.3 is 20.1 Å². The standard InChI is InChI=1S/C17H32N2O3/c1-5-6-15-11-12(7-8-21-15)18-13-9-14(10-13)19-16(20)22-17(2,3)4/h12-15,18H,5-11H2,1-4H3,(H,19,20). The Labute approximate surface area is 134 Å². The van der Waals surface area contributed by atoms with E-state index in [1.807, 2.05) is 20.8 Å². The van der Waals surface area contributed by atoms with Crippen LogP contribution in [0.15, 0.2) is 0 Å². The van der Waals surface area contributed by atoms with Gasteiger partial charge in [0.15, 0.2) is 0 Å². The highest BCUT2D eigenvalue weighted by Gasteiger charge is 2.34. The van der Waals surface area contributed by atoms with Crippen LogP contribution in [0.5, 0.6) is 0 Å². The summed E-state index contributed by atoms with van der Waals surface area (Å²) in [5, 5.41) is 6.67. The van der Waals surface area contributed by atoms with Gasteiger partial charge in [0, 0.05) is 24.7 Å². The van der Waals surface area contributed by atoms with Crippen LogP contribution in [0, 0.1) is 0 Å². The van der Waals surface area contributed by atoms with Crippen molar-refractivity contribution in [3.63, 3.8) is 0 Å². The fraction of sp³-hybridized carbons (Fsp3) is 0.941. The minimum atomic E-state index is -0.429. The second-order valence-corrected chi connectivity index (χ2v) is 7.68. The van der Waals surface area contributed by atoms with Crippen molar-refractivity contribution in [2.75, 3.05) is 6.61 Å². The Bertz CT molecular complexity index is 359. The molecule has 2 unspecified atom stereocenters. The number of ether oxygens (including phenoxy) is 2. The van der Waals surface area contributed by atoms with Gasteiger partial charge in [0.25, 0.3) is 0 Å². The maximum atomic E-state index is 11.7. The number of carbonyl (C=O) groups is 1. The average Bonchev–Trinajstić information content (AvgIpc) is 2.35. The maximum absolute atomic E-state index is 11.7. The van der Waals surface area contributed by atoms with Crippen LogP contribution in [-0.4, -0.2) is 42.5 Å². The molecule has 1 aliphatic carbocycles. The molecule has 0 radical (unpaired) electrons. The van der Waals surface area contributed by atoms with Gasteiger partial charge in [-0.3, -0.25) is 0 Å². The summed E-state index contributed by atoms with van der Waals surface area (Å²) in [6.07, 6.45) is 6.67. The molecule has 2 rings (SSSR count). The van der Waals surface area contributed by atoms with Crippen molar-refractivity contribution in [3.8, 4) is 0 Å². The molecule has 22 heavy (non-hydrogen) atoms. The molecule has 1 saturated heterocycles. The van der Waals surface area contributed by atoms with Crippen LogP contribution in [-0.2, 0) is 9.47 Å².